The maximum Gasteiger partial charge on any atom is 0.223 e. The third-order valence-corrected chi connectivity index (χ3v) is 5.48. The number of hydrogen-bond donors (Lipinski definition) is 2. The van der Waals surface area contributed by atoms with Crippen molar-refractivity contribution in [3.63, 3.8) is 0 Å². The molecule has 7 nitrogen and oxygen atoms in total. The molecule has 1 aliphatic rings. The first-order valence-corrected chi connectivity index (χ1v) is 10.3. The van der Waals surface area contributed by atoms with Gasteiger partial charge in [-0.05, 0) is 55.8 Å². The van der Waals surface area contributed by atoms with Gasteiger partial charge in [0.1, 0.15) is 5.82 Å². The number of aromatic nitrogens is 3. The Morgan fingerprint density at radius 3 is 2.87 bits per heavy atom. The van der Waals surface area contributed by atoms with E-state index in [-0.39, 0.29) is 11.9 Å². The summed E-state index contributed by atoms with van der Waals surface area (Å²) in [7, 11) is 1.94. The first-order valence-electron chi connectivity index (χ1n) is 10.3. The predicted molar refractivity (Wildman–Crippen MR) is 120 cm³/mol. The van der Waals surface area contributed by atoms with Gasteiger partial charge >= 0.3 is 0 Å². The first-order chi connectivity index (χ1) is 14.5. The van der Waals surface area contributed by atoms with Crippen LogP contribution < -0.4 is 15.5 Å². The molecule has 0 bridgehead atoms. The summed E-state index contributed by atoms with van der Waals surface area (Å²) in [5.41, 5.74) is 5.22. The highest BCUT2D eigenvalue weighted by Gasteiger charge is 2.28. The van der Waals surface area contributed by atoms with Crippen molar-refractivity contribution in [1.29, 1.82) is 0 Å². The molecule has 1 aromatic carbocycles. The van der Waals surface area contributed by atoms with Crippen LogP contribution in [0.2, 0.25) is 0 Å². The average molecular weight is 405 g/mol. The summed E-state index contributed by atoms with van der Waals surface area (Å²) >= 11 is 0. The smallest absolute Gasteiger partial charge is 0.223 e. The number of carbonyl (C=O) groups is 1. The first kappa shape index (κ1) is 20.1. The quantitative estimate of drug-likeness (QED) is 0.659. The molecule has 0 saturated carbocycles. The molecule has 7 heteroatoms. The normalized spacial score (nSPS) is 15.7. The molecule has 0 saturated heterocycles. The number of nitrogens with one attached hydrogen (secondary N) is 2. The fourth-order valence-electron chi connectivity index (χ4n) is 3.93. The Morgan fingerprint density at radius 2 is 2.10 bits per heavy atom. The van der Waals surface area contributed by atoms with Crippen molar-refractivity contribution >= 4 is 17.4 Å². The summed E-state index contributed by atoms with van der Waals surface area (Å²) in [5.74, 6) is 0.920. The van der Waals surface area contributed by atoms with Gasteiger partial charge in [-0.2, -0.15) is 5.10 Å². The molecule has 0 spiro atoms. The van der Waals surface area contributed by atoms with E-state index in [1.807, 2.05) is 47.9 Å². The summed E-state index contributed by atoms with van der Waals surface area (Å²) in [4.78, 5) is 18.7. The number of hydrogen-bond acceptors (Lipinski definition) is 5. The third kappa shape index (κ3) is 4.21. The van der Waals surface area contributed by atoms with Gasteiger partial charge in [-0.3, -0.25) is 9.48 Å². The van der Waals surface area contributed by atoms with Crippen molar-refractivity contribution in [3.05, 3.63) is 60.0 Å². The van der Waals surface area contributed by atoms with Crippen LogP contribution in [0.15, 0.2) is 48.8 Å². The lowest BCUT2D eigenvalue weighted by Gasteiger charge is -2.34. The molecule has 0 radical (unpaired) electrons. The molecule has 1 unspecified atom stereocenters. The highest BCUT2D eigenvalue weighted by Crippen LogP contribution is 2.38. The van der Waals surface area contributed by atoms with Crippen molar-refractivity contribution in [2.24, 2.45) is 0 Å². The Kier molecular flexibility index (Phi) is 5.81. The molecule has 1 amide bonds. The number of amides is 1. The van der Waals surface area contributed by atoms with E-state index in [4.69, 9.17) is 0 Å². The van der Waals surface area contributed by atoms with Crippen molar-refractivity contribution in [2.45, 2.75) is 32.9 Å². The number of nitrogens with zero attached hydrogens (tertiary/aromatic N) is 4. The van der Waals surface area contributed by atoms with Gasteiger partial charge in [0.2, 0.25) is 5.91 Å². The molecule has 3 heterocycles. The van der Waals surface area contributed by atoms with Crippen molar-refractivity contribution in [2.75, 3.05) is 30.4 Å². The van der Waals surface area contributed by atoms with E-state index in [0.717, 1.165) is 53.4 Å². The van der Waals surface area contributed by atoms with E-state index in [9.17, 15) is 4.79 Å². The Balaban J connectivity index is 1.68. The minimum absolute atomic E-state index is 0.0658. The summed E-state index contributed by atoms with van der Waals surface area (Å²) in [6, 6.07) is 12.4. The molecule has 156 valence electrons. The lowest BCUT2D eigenvalue weighted by molar-refractivity contribution is -0.116. The maximum absolute atomic E-state index is 12.2. The fourth-order valence-corrected chi connectivity index (χ4v) is 3.93. The van der Waals surface area contributed by atoms with E-state index in [1.54, 1.807) is 6.92 Å². The molecule has 1 atom stereocenters. The number of rotatable bonds is 6. The van der Waals surface area contributed by atoms with Crippen LogP contribution in [0, 0.1) is 6.92 Å². The Morgan fingerprint density at radius 1 is 1.23 bits per heavy atom. The number of likely N-dealkylation sites (N-methyl/N-ethyl adjacent to an activating group) is 1. The number of carbonyl (C=O) groups excluding carboxylic acids is 1. The molecule has 30 heavy (non-hydrogen) atoms. The molecule has 4 rings (SSSR count). The largest absolute Gasteiger partial charge is 0.363 e. The van der Waals surface area contributed by atoms with E-state index < -0.39 is 0 Å². The van der Waals surface area contributed by atoms with Gasteiger partial charge in [0.25, 0.3) is 0 Å². The van der Waals surface area contributed by atoms with Crippen molar-refractivity contribution < 1.29 is 4.79 Å². The van der Waals surface area contributed by atoms with E-state index in [1.165, 1.54) is 0 Å². The van der Waals surface area contributed by atoms with Gasteiger partial charge in [0, 0.05) is 43.2 Å². The van der Waals surface area contributed by atoms with Gasteiger partial charge in [-0.15, -0.1) is 0 Å². The Hall–Kier alpha value is -3.19. The second kappa shape index (κ2) is 8.67. The summed E-state index contributed by atoms with van der Waals surface area (Å²) in [6.07, 6.45) is 4.79. The number of pyridine rings is 1. The monoisotopic (exact) mass is 404 g/mol. The highest BCUT2D eigenvalue weighted by atomic mass is 16.2. The topological polar surface area (TPSA) is 75.1 Å². The molecular formula is C23H28N6O. The lowest BCUT2D eigenvalue weighted by atomic mass is 9.93. The summed E-state index contributed by atoms with van der Waals surface area (Å²) in [6.45, 7) is 5.99. The molecular weight excluding hydrogens is 376 g/mol. The van der Waals surface area contributed by atoms with Crippen molar-refractivity contribution in [1.82, 2.24) is 20.1 Å². The van der Waals surface area contributed by atoms with Crippen LogP contribution in [-0.2, 0) is 11.3 Å². The number of benzene rings is 1. The van der Waals surface area contributed by atoms with Gasteiger partial charge in [-0.1, -0.05) is 12.1 Å². The summed E-state index contributed by atoms with van der Waals surface area (Å²) in [5, 5.41) is 11.2. The van der Waals surface area contributed by atoms with Crippen LogP contribution in [0.3, 0.4) is 0 Å². The standard InChI is InChI=1S/C23H28N6O/c1-16-5-4-6-23(26-16)27-21-9-11-29(17(2)30)22-8-7-18(13-20(21)22)19-14-25-28(15-19)12-10-24-3/h4-8,13-15,21,24H,9-12H2,1-3H3,(H,26,27). The van der Waals surface area contributed by atoms with Gasteiger partial charge in [0.05, 0.1) is 18.8 Å². The molecule has 1 aliphatic heterocycles. The average Bonchev–Trinajstić information content (AvgIpc) is 3.21. The fraction of sp³-hybridized carbons (Fsp3) is 0.348. The zero-order valence-electron chi connectivity index (χ0n) is 17.7. The van der Waals surface area contributed by atoms with Gasteiger partial charge in [0.15, 0.2) is 0 Å². The number of fused-ring (bicyclic) bond motifs is 1. The van der Waals surface area contributed by atoms with Crippen molar-refractivity contribution in [3.8, 4) is 11.1 Å². The second-order valence-corrected chi connectivity index (χ2v) is 7.69. The Labute approximate surface area is 177 Å². The zero-order chi connectivity index (χ0) is 21.1. The second-order valence-electron chi connectivity index (χ2n) is 7.69. The molecule has 2 N–H and O–H groups in total. The lowest BCUT2D eigenvalue weighted by Crippen LogP contribution is -2.36. The van der Waals surface area contributed by atoms with Crippen LogP contribution in [-0.4, -0.2) is 40.8 Å². The predicted octanol–water partition coefficient (Wildman–Crippen LogP) is 3.38. The van der Waals surface area contributed by atoms with Crippen LogP contribution >= 0.6 is 0 Å². The minimum atomic E-state index is 0.0658. The molecule has 0 fully saturated rings. The van der Waals surface area contributed by atoms with Crippen LogP contribution in [0.1, 0.15) is 30.6 Å². The van der Waals surface area contributed by atoms with Crippen LogP contribution in [0.25, 0.3) is 11.1 Å². The zero-order valence-corrected chi connectivity index (χ0v) is 17.7. The third-order valence-electron chi connectivity index (χ3n) is 5.48. The van der Waals surface area contributed by atoms with Crippen LogP contribution in [0.4, 0.5) is 11.5 Å². The highest BCUT2D eigenvalue weighted by molar-refractivity contribution is 5.93. The summed E-state index contributed by atoms with van der Waals surface area (Å²) < 4.78 is 1.94. The van der Waals surface area contributed by atoms with Crippen LogP contribution in [0.5, 0.6) is 0 Å². The van der Waals surface area contributed by atoms with E-state index in [0.29, 0.717) is 6.54 Å². The van der Waals surface area contributed by atoms with E-state index in [2.05, 4.69) is 45.1 Å². The molecule has 2 aromatic heterocycles. The Bertz CT molecular complexity index is 1040. The van der Waals surface area contributed by atoms with Gasteiger partial charge in [-0.25, -0.2) is 4.98 Å². The SMILES string of the molecule is CNCCn1cc(-c2ccc3c(c2)C(Nc2cccc(C)n2)CCN3C(C)=O)cn1. The maximum atomic E-state index is 12.2. The van der Waals surface area contributed by atoms with Gasteiger partial charge < -0.3 is 15.5 Å². The minimum Gasteiger partial charge on any atom is -0.363 e. The molecule has 3 aromatic rings. The van der Waals surface area contributed by atoms with E-state index >= 15 is 0 Å². The molecule has 0 aliphatic carbocycles. The number of aryl methyl sites for hydroxylation is 1. The number of anilines is 2.